The molecule has 0 aliphatic carbocycles. The Bertz CT molecular complexity index is 1190. The van der Waals surface area contributed by atoms with E-state index in [-0.39, 0.29) is 28.7 Å². The number of rotatable bonds is 4. The second-order valence-electron chi connectivity index (χ2n) is 6.45. The Labute approximate surface area is 170 Å². The van der Waals surface area contributed by atoms with Gasteiger partial charge in [-0.05, 0) is 29.8 Å². The van der Waals surface area contributed by atoms with Gasteiger partial charge < -0.3 is 10.6 Å². The molecule has 4 rings (SSSR count). The van der Waals surface area contributed by atoms with Crippen LogP contribution in [0.3, 0.4) is 0 Å². The van der Waals surface area contributed by atoms with Crippen molar-refractivity contribution in [3.8, 4) is 0 Å². The van der Waals surface area contributed by atoms with Crippen molar-refractivity contribution in [3.63, 3.8) is 0 Å². The molecule has 2 heterocycles. The third-order valence-corrected chi connectivity index (χ3v) is 6.77. The molecule has 1 aliphatic heterocycles. The lowest BCUT2D eigenvalue weighted by atomic mass is 9.99. The van der Waals surface area contributed by atoms with Gasteiger partial charge in [-0.1, -0.05) is 19.1 Å². The van der Waals surface area contributed by atoms with E-state index in [1.54, 1.807) is 30.6 Å². The summed E-state index contributed by atoms with van der Waals surface area (Å²) >= 11 is 1.36. The number of hydrogen-bond acceptors (Lipinski definition) is 6. The number of halogens is 2. The second kappa shape index (κ2) is 7.53. The predicted octanol–water partition coefficient (Wildman–Crippen LogP) is 3.83. The summed E-state index contributed by atoms with van der Waals surface area (Å²) in [6, 6.07) is 8.20. The minimum atomic E-state index is -4.04. The third-order valence-electron chi connectivity index (χ3n) is 4.49. The summed E-state index contributed by atoms with van der Waals surface area (Å²) in [5.74, 6) is -1.46. The van der Waals surface area contributed by atoms with Gasteiger partial charge in [0.2, 0.25) is 5.96 Å². The first-order valence-corrected chi connectivity index (χ1v) is 11.0. The quantitative estimate of drug-likeness (QED) is 0.652. The van der Waals surface area contributed by atoms with E-state index in [2.05, 4.69) is 20.0 Å². The summed E-state index contributed by atoms with van der Waals surface area (Å²) in [4.78, 5) is 4.11. The first-order valence-electron chi connectivity index (χ1n) is 8.67. The van der Waals surface area contributed by atoms with E-state index < -0.39 is 27.6 Å². The van der Waals surface area contributed by atoms with Gasteiger partial charge in [-0.15, -0.1) is 15.7 Å². The average molecular weight is 434 g/mol. The van der Waals surface area contributed by atoms with Crippen LogP contribution < -0.4 is 10.6 Å². The van der Waals surface area contributed by atoms with Crippen LogP contribution in [0.25, 0.3) is 0 Å². The van der Waals surface area contributed by atoms with Gasteiger partial charge in [-0.2, -0.15) is 8.42 Å². The standard InChI is InChI=1S/C19H16F2N4O2S2/c1-11(18-22-7-8-28-18)16-14(21)5-6-15-17(16)24-19(25-29(15,26)27)23-10-12-3-2-4-13(20)9-12/h2-9,11H,10H2,1H3,(H2,23,24,25)/t11-/m1/s1. The van der Waals surface area contributed by atoms with Crippen molar-refractivity contribution in [1.82, 2.24) is 10.3 Å². The maximum Gasteiger partial charge on any atom is 0.287 e. The molecule has 2 aromatic carbocycles. The Hall–Kier alpha value is -2.85. The van der Waals surface area contributed by atoms with Crippen LogP contribution in [-0.4, -0.2) is 19.4 Å². The molecule has 0 fully saturated rings. The van der Waals surface area contributed by atoms with E-state index in [1.165, 1.54) is 29.5 Å². The van der Waals surface area contributed by atoms with E-state index in [4.69, 9.17) is 0 Å². The van der Waals surface area contributed by atoms with E-state index in [0.717, 1.165) is 6.07 Å². The fraction of sp³-hybridized carbons (Fsp3) is 0.158. The molecule has 1 atom stereocenters. The number of guanidine groups is 1. The number of nitrogens with zero attached hydrogens (tertiary/aromatic N) is 2. The number of aromatic nitrogens is 1. The van der Waals surface area contributed by atoms with Crippen molar-refractivity contribution in [1.29, 1.82) is 0 Å². The molecule has 0 saturated carbocycles. The first-order chi connectivity index (χ1) is 13.8. The van der Waals surface area contributed by atoms with Crippen LogP contribution in [-0.2, 0) is 16.6 Å². The zero-order valence-electron chi connectivity index (χ0n) is 15.2. The number of anilines is 1. The largest absolute Gasteiger partial charge is 0.351 e. The van der Waals surface area contributed by atoms with Crippen LogP contribution in [0, 0.1) is 11.6 Å². The van der Waals surface area contributed by atoms with Gasteiger partial charge in [-0.3, -0.25) is 0 Å². The number of nitrogens with one attached hydrogen (secondary N) is 2. The van der Waals surface area contributed by atoms with Gasteiger partial charge in [0.05, 0.1) is 10.7 Å². The number of sulfonamides is 1. The van der Waals surface area contributed by atoms with Gasteiger partial charge >= 0.3 is 0 Å². The van der Waals surface area contributed by atoms with Crippen molar-refractivity contribution in [2.45, 2.75) is 24.3 Å². The van der Waals surface area contributed by atoms with Gasteiger partial charge in [0.25, 0.3) is 10.0 Å². The van der Waals surface area contributed by atoms with Crippen molar-refractivity contribution in [3.05, 3.63) is 75.7 Å². The Morgan fingerprint density at radius 2 is 2.07 bits per heavy atom. The van der Waals surface area contributed by atoms with Crippen LogP contribution in [0.1, 0.15) is 29.0 Å². The molecule has 0 saturated heterocycles. The van der Waals surface area contributed by atoms with Gasteiger partial charge in [0, 0.05) is 29.6 Å². The molecule has 10 heteroatoms. The molecule has 0 amide bonds. The highest BCUT2D eigenvalue weighted by Gasteiger charge is 2.31. The highest BCUT2D eigenvalue weighted by atomic mass is 32.2. The van der Waals surface area contributed by atoms with Gasteiger partial charge in [0.1, 0.15) is 16.5 Å². The molecule has 0 radical (unpaired) electrons. The number of fused-ring (bicyclic) bond motifs is 1. The number of thiazole rings is 1. The molecule has 1 aliphatic rings. The van der Waals surface area contributed by atoms with E-state index in [9.17, 15) is 17.2 Å². The highest BCUT2D eigenvalue weighted by Crippen LogP contribution is 2.39. The zero-order chi connectivity index (χ0) is 20.6. The minimum Gasteiger partial charge on any atom is -0.351 e. The normalized spacial score (nSPS) is 15.8. The summed E-state index contributed by atoms with van der Waals surface area (Å²) < 4.78 is 57.1. The van der Waals surface area contributed by atoms with E-state index >= 15 is 0 Å². The fourth-order valence-corrected chi connectivity index (χ4v) is 4.95. The maximum atomic E-state index is 14.7. The molecule has 0 unspecified atom stereocenters. The van der Waals surface area contributed by atoms with Crippen molar-refractivity contribution >= 4 is 33.0 Å². The van der Waals surface area contributed by atoms with Crippen molar-refractivity contribution < 1.29 is 17.2 Å². The summed E-state index contributed by atoms with van der Waals surface area (Å²) in [6.07, 6.45) is 1.61. The summed E-state index contributed by atoms with van der Waals surface area (Å²) in [5, 5.41) is 8.17. The lowest BCUT2D eigenvalue weighted by Gasteiger charge is -2.24. The lowest BCUT2D eigenvalue weighted by Crippen LogP contribution is -2.35. The van der Waals surface area contributed by atoms with Gasteiger partial charge in [-0.25, -0.2) is 13.8 Å². The van der Waals surface area contributed by atoms with Crippen LogP contribution in [0.4, 0.5) is 14.5 Å². The summed E-state index contributed by atoms with van der Waals surface area (Å²) in [6.45, 7) is 1.90. The molecule has 2 N–H and O–H groups in total. The zero-order valence-corrected chi connectivity index (χ0v) is 16.8. The Kier molecular flexibility index (Phi) is 5.05. The highest BCUT2D eigenvalue weighted by molar-refractivity contribution is 7.90. The molecule has 0 spiro atoms. The molecule has 6 nitrogen and oxygen atoms in total. The third kappa shape index (κ3) is 3.85. The Morgan fingerprint density at radius 3 is 2.79 bits per heavy atom. The number of hydrogen-bond donors (Lipinski definition) is 2. The fourth-order valence-electron chi connectivity index (χ4n) is 3.13. The first kappa shape index (κ1) is 19.5. The Morgan fingerprint density at radius 1 is 1.24 bits per heavy atom. The van der Waals surface area contributed by atoms with Crippen LogP contribution in [0.15, 0.2) is 57.3 Å². The van der Waals surface area contributed by atoms with E-state index in [0.29, 0.717) is 10.6 Å². The predicted molar refractivity (Wildman–Crippen MR) is 108 cm³/mol. The monoisotopic (exact) mass is 434 g/mol. The molecular formula is C19H16F2N4O2S2. The van der Waals surface area contributed by atoms with Crippen molar-refractivity contribution in [2.24, 2.45) is 4.40 Å². The van der Waals surface area contributed by atoms with Crippen molar-refractivity contribution in [2.75, 3.05) is 5.32 Å². The molecule has 3 aromatic rings. The lowest BCUT2D eigenvalue weighted by molar-refractivity contribution is 0.591. The topological polar surface area (TPSA) is 83.4 Å². The molecule has 0 bridgehead atoms. The molecular weight excluding hydrogens is 418 g/mol. The van der Waals surface area contributed by atoms with E-state index in [1.807, 2.05) is 0 Å². The number of benzene rings is 2. The second-order valence-corrected chi connectivity index (χ2v) is 8.95. The van der Waals surface area contributed by atoms with Crippen LogP contribution in [0.2, 0.25) is 0 Å². The Balaban J connectivity index is 1.69. The molecule has 1 aromatic heterocycles. The molecule has 29 heavy (non-hydrogen) atoms. The van der Waals surface area contributed by atoms with Crippen LogP contribution in [0.5, 0.6) is 0 Å². The minimum absolute atomic E-state index is 0.0556. The van der Waals surface area contributed by atoms with Gasteiger partial charge in [0.15, 0.2) is 0 Å². The summed E-state index contributed by atoms with van der Waals surface area (Å²) in [5.41, 5.74) is 0.929. The van der Waals surface area contributed by atoms with Crippen LogP contribution >= 0.6 is 11.3 Å². The summed E-state index contributed by atoms with van der Waals surface area (Å²) in [7, 11) is -4.04. The maximum absolute atomic E-state index is 14.7. The average Bonchev–Trinajstić information content (AvgIpc) is 3.20. The smallest absolute Gasteiger partial charge is 0.287 e. The SMILES string of the molecule is C[C@@H](c1nccs1)c1c(F)ccc2c1NC(NCc1cccc(F)c1)=NS2(=O)=O. The molecule has 150 valence electrons.